The highest BCUT2D eigenvalue weighted by Gasteiger charge is 2.32. The topological polar surface area (TPSA) is 24.5 Å². The molecule has 0 aromatic heterocycles. The highest BCUT2D eigenvalue weighted by atomic mass is 35.5. The Kier molecular flexibility index (Phi) is 6.15. The third-order valence-corrected chi connectivity index (χ3v) is 4.92. The van der Waals surface area contributed by atoms with Crippen molar-refractivity contribution in [1.29, 1.82) is 0 Å². The summed E-state index contributed by atoms with van der Waals surface area (Å²) in [6.07, 6.45) is -4.78. The Balaban J connectivity index is 2.02. The quantitative estimate of drug-likeness (QED) is 0.552. The fourth-order valence-electron chi connectivity index (χ4n) is 3.15. The van der Waals surface area contributed by atoms with E-state index < -0.39 is 18.2 Å². The lowest BCUT2D eigenvalue weighted by molar-refractivity contribution is -0.274. The van der Waals surface area contributed by atoms with Gasteiger partial charge in [-0.25, -0.2) is 4.39 Å². The van der Waals surface area contributed by atoms with Crippen molar-refractivity contribution in [2.75, 3.05) is 26.2 Å². The molecule has 1 saturated heterocycles. The van der Waals surface area contributed by atoms with E-state index in [0.29, 0.717) is 31.7 Å². The maximum Gasteiger partial charge on any atom is 0.573 e. The van der Waals surface area contributed by atoms with Gasteiger partial charge in [0.2, 0.25) is 0 Å². The van der Waals surface area contributed by atoms with Gasteiger partial charge in [0.05, 0.1) is 11.1 Å². The molecule has 1 aliphatic rings. The van der Waals surface area contributed by atoms with Gasteiger partial charge in [-0.2, -0.15) is 0 Å². The van der Waals surface area contributed by atoms with Crippen LogP contribution < -0.4 is 10.1 Å². The molecule has 146 valence electrons. The van der Waals surface area contributed by atoms with Crippen LogP contribution >= 0.6 is 23.2 Å². The van der Waals surface area contributed by atoms with E-state index in [-0.39, 0.29) is 21.4 Å². The zero-order valence-corrected chi connectivity index (χ0v) is 15.5. The molecular formula is C18H16Cl2F4N2O. The minimum Gasteiger partial charge on any atom is -0.406 e. The summed E-state index contributed by atoms with van der Waals surface area (Å²) in [6, 6.07) is 7.66. The van der Waals surface area contributed by atoms with Gasteiger partial charge >= 0.3 is 6.36 Å². The van der Waals surface area contributed by atoms with Crippen LogP contribution in [0.1, 0.15) is 17.2 Å². The van der Waals surface area contributed by atoms with Crippen LogP contribution in [0, 0.1) is 5.82 Å². The molecule has 1 heterocycles. The van der Waals surface area contributed by atoms with E-state index in [2.05, 4.69) is 10.1 Å². The van der Waals surface area contributed by atoms with Crippen molar-refractivity contribution in [3.63, 3.8) is 0 Å². The standard InChI is InChI=1S/C18H16Cl2F4N2O/c19-13-5-6-14(20)16(21)15(13)17(26-9-7-25-8-10-26)11-1-3-12(4-2-11)27-18(22,23)24/h1-6,17,25H,7-10H2/t17-/m1/s1. The number of benzene rings is 2. The van der Waals surface area contributed by atoms with E-state index in [9.17, 15) is 17.6 Å². The summed E-state index contributed by atoms with van der Waals surface area (Å²) in [6.45, 7) is 2.64. The van der Waals surface area contributed by atoms with Gasteiger partial charge in [0.1, 0.15) is 11.6 Å². The third kappa shape index (κ3) is 4.85. The van der Waals surface area contributed by atoms with E-state index in [1.54, 1.807) is 0 Å². The minimum atomic E-state index is -4.78. The van der Waals surface area contributed by atoms with Crippen molar-refractivity contribution in [2.45, 2.75) is 12.4 Å². The number of alkyl halides is 3. The van der Waals surface area contributed by atoms with Gasteiger partial charge in [-0.05, 0) is 29.8 Å². The fraction of sp³-hybridized carbons (Fsp3) is 0.333. The van der Waals surface area contributed by atoms with Gasteiger partial charge in [-0.3, -0.25) is 4.90 Å². The van der Waals surface area contributed by atoms with E-state index in [1.165, 1.54) is 36.4 Å². The number of halogens is 6. The summed E-state index contributed by atoms with van der Waals surface area (Å²) >= 11 is 12.2. The summed E-state index contributed by atoms with van der Waals surface area (Å²) in [5.74, 6) is -0.980. The van der Waals surface area contributed by atoms with Crippen LogP contribution in [0.5, 0.6) is 5.75 Å². The van der Waals surface area contributed by atoms with Gasteiger partial charge in [0.15, 0.2) is 0 Å². The summed E-state index contributed by atoms with van der Waals surface area (Å²) in [4.78, 5) is 2.01. The number of hydrogen-bond acceptors (Lipinski definition) is 3. The van der Waals surface area contributed by atoms with E-state index in [4.69, 9.17) is 23.2 Å². The Morgan fingerprint density at radius 3 is 2.15 bits per heavy atom. The largest absolute Gasteiger partial charge is 0.573 e. The Hall–Kier alpha value is -1.54. The Bertz CT molecular complexity index is 793. The highest BCUT2D eigenvalue weighted by Crippen LogP contribution is 2.38. The smallest absolute Gasteiger partial charge is 0.406 e. The van der Waals surface area contributed by atoms with Crippen molar-refractivity contribution in [3.05, 3.63) is 63.4 Å². The summed E-state index contributed by atoms with van der Waals surface area (Å²) in [7, 11) is 0. The minimum absolute atomic E-state index is 0.0634. The zero-order chi connectivity index (χ0) is 19.6. The second kappa shape index (κ2) is 8.22. The molecule has 9 heteroatoms. The molecule has 0 spiro atoms. The molecule has 1 atom stereocenters. The number of ether oxygens (including phenoxy) is 1. The molecule has 0 unspecified atom stereocenters. The van der Waals surface area contributed by atoms with Gasteiger partial charge in [-0.1, -0.05) is 35.3 Å². The number of rotatable bonds is 4. The molecule has 3 nitrogen and oxygen atoms in total. The number of nitrogens with one attached hydrogen (secondary N) is 1. The first kappa shape index (κ1) is 20.2. The van der Waals surface area contributed by atoms with Crippen LogP contribution in [0.25, 0.3) is 0 Å². The van der Waals surface area contributed by atoms with Gasteiger partial charge < -0.3 is 10.1 Å². The van der Waals surface area contributed by atoms with E-state index in [1.807, 2.05) is 4.90 Å². The molecule has 1 aliphatic heterocycles. The number of piperazine rings is 1. The molecule has 0 aliphatic carbocycles. The van der Waals surface area contributed by atoms with Crippen molar-refractivity contribution < 1.29 is 22.3 Å². The Morgan fingerprint density at radius 1 is 0.963 bits per heavy atom. The van der Waals surface area contributed by atoms with Crippen molar-refractivity contribution in [1.82, 2.24) is 10.2 Å². The van der Waals surface area contributed by atoms with Gasteiger partial charge in [0, 0.05) is 36.8 Å². The summed E-state index contributed by atoms with van der Waals surface area (Å²) in [5.41, 5.74) is 0.796. The van der Waals surface area contributed by atoms with Crippen LogP contribution in [-0.4, -0.2) is 37.4 Å². The van der Waals surface area contributed by atoms with Crippen LogP contribution in [0.4, 0.5) is 17.6 Å². The lowest BCUT2D eigenvalue weighted by Crippen LogP contribution is -2.45. The van der Waals surface area contributed by atoms with Crippen LogP contribution in [0.3, 0.4) is 0 Å². The maximum atomic E-state index is 14.8. The molecule has 27 heavy (non-hydrogen) atoms. The predicted molar refractivity (Wildman–Crippen MR) is 95.8 cm³/mol. The molecule has 0 amide bonds. The van der Waals surface area contributed by atoms with Crippen LogP contribution in [-0.2, 0) is 0 Å². The highest BCUT2D eigenvalue weighted by molar-refractivity contribution is 6.33. The summed E-state index contributed by atoms with van der Waals surface area (Å²) < 4.78 is 55.9. The second-order valence-corrected chi connectivity index (χ2v) is 6.88. The third-order valence-electron chi connectivity index (χ3n) is 4.30. The molecule has 0 radical (unpaired) electrons. The van der Waals surface area contributed by atoms with Crippen LogP contribution in [0.2, 0.25) is 10.0 Å². The maximum absolute atomic E-state index is 14.8. The lowest BCUT2D eigenvalue weighted by atomic mass is 9.95. The average molecular weight is 423 g/mol. The van der Waals surface area contributed by atoms with Gasteiger partial charge in [-0.15, -0.1) is 13.2 Å². The monoisotopic (exact) mass is 422 g/mol. The predicted octanol–water partition coefficient (Wildman–Crippen LogP) is 5.03. The molecule has 2 aromatic rings. The number of hydrogen-bond donors (Lipinski definition) is 1. The average Bonchev–Trinajstić information content (AvgIpc) is 2.62. The van der Waals surface area contributed by atoms with Gasteiger partial charge in [0.25, 0.3) is 0 Å². The van der Waals surface area contributed by atoms with Crippen molar-refractivity contribution in [3.8, 4) is 5.75 Å². The molecule has 2 aromatic carbocycles. The molecule has 3 rings (SSSR count). The molecule has 1 N–H and O–H groups in total. The molecule has 0 bridgehead atoms. The second-order valence-electron chi connectivity index (χ2n) is 6.06. The lowest BCUT2D eigenvalue weighted by Gasteiger charge is -2.36. The van der Waals surface area contributed by atoms with Crippen molar-refractivity contribution in [2.24, 2.45) is 0 Å². The van der Waals surface area contributed by atoms with E-state index in [0.717, 1.165) is 0 Å². The molecule has 0 saturated carbocycles. The summed E-state index contributed by atoms with van der Waals surface area (Å²) in [5, 5.41) is 3.35. The fourth-order valence-corrected chi connectivity index (χ4v) is 3.56. The first-order chi connectivity index (χ1) is 12.8. The normalized spacial score (nSPS) is 17.0. The first-order valence-electron chi connectivity index (χ1n) is 8.20. The Morgan fingerprint density at radius 2 is 1.56 bits per heavy atom. The van der Waals surface area contributed by atoms with E-state index >= 15 is 0 Å². The number of nitrogens with zero attached hydrogens (tertiary/aromatic N) is 1. The zero-order valence-electron chi connectivity index (χ0n) is 14.0. The van der Waals surface area contributed by atoms with Crippen LogP contribution in [0.15, 0.2) is 36.4 Å². The molecular weight excluding hydrogens is 407 g/mol. The SMILES string of the molecule is Fc1c(Cl)ccc(Cl)c1[C@@H](c1ccc(OC(F)(F)F)cc1)N1CCNCC1. The molecule has 1 fully saturated rings. The van der Waals surface area contributed by atoms with Crippen molar-refractivity contribution >= 4 is 23.2 Å². The first-order valence-corrected chi connectivity index (χ1v) is 8.96. The Labute approximate surface area is 163 Å².